The highest BCUT2D eigenvalue weighted by atomic mass is 16.6. The van der Waals surface area contributed by atoms with E-state index < -0.39 is 11.9 Å². The number of carbonyl (C=O) groups excluding carboxylic acids is 2. The molecular weight excluding hydrogens is 172 g/mol. The van der Waals surface area contributed by atoms with Gasteiger partial charge in [0.1, 0.15) is 0 Å². The highest BCUT2D eigenvalue weighted by Gasteiger charge is 2.06. The van der Waals surface area contributed by atoms with Gasteiger partial charge >= 0.3 is 11.9 Å². The Balaban J connectivity index is -0.000000500. The minimum Gasteiger partial charge on any atom is -0.466 e. The summed E-state index contributed by atoms with van der Waals surface area (Å²) >= 11 is 0. The van der Waals surface area contributed by atoms with Gasteiger partial charge in [-0.2, -0.15) is 0 Å². The Kier molecular flexibility index (Phi) is 11.9. The number of hydrogen-bond donors (Lipinski definition) is 0. The van der Waals surface area contributed by atoms with Gasteiger partial charge in [0.25, 0.3) is 0 Å². The lowest BCUT2D eigenvalue weighted by atomic mass is 10.4. The van der Waals surface area contributed by atoms with Crippen LogP contribution in [0.25, 0.3) is 0 Å². The summed E-state index contributed by atoms with van der Waals surface area (Å²) in [5.41, 5.74) is 0.258. The first kappa shape index (κ1) is 17.7. The molecule has 0 saturated heterocycles. The molecule has 0 heterocycles. The maximum atomic E-state index is 10.6. The zero-order chi connectivity index (χ0) is 8.85. The number of rotatable bonds is 3. The van der Waals surface area contributed by atoms with Gasteiger partial charge in [-0.15, -0.1) is 0 Å². The predicted molar refractivity (Wildman–Crippen MR) is 51.3 cm³/mol. The fourth-order valence-corrected chi connectivity index (χ4v) is 0.307. The minimum atomic E-state index is -0.588. The average molecular weight is 190 g/mol. The summed E-state index contributed by atoms with van der Waals surface area (Å²) in [6.45, 7) is 4.47. The van der Waals surface area contributed by atoms with Crippen LogP contribution in [0.2, 0.25) is 0 Å². The van der Waals surface area contributed by atoms with E-state index in [1.165, 1.54) is 14.0 Å². The van der Waals surface area contributed by atoms with Gasteiger partial charge in [0.05, 0.1) is 7.11 Å². The first-order valence-corrected chi connectivity index (χ1v) is 2.97. The Morgan fingerprint density at radius 3 is 2.08 bits per heavy atom. The van der Waals surface area contributed by atoms with Gasteiger partial charge in [-0.3, -0.25) is 0 Å². The number of ether oxygens (including phenoxy) is 2. The summed E-state index contributed by atoms with van der Waals surface area (Å²) in [5, 5.41) is 0. The van der Waals surface area contributed by atoms with Gasteiger partial charge in [-0.1, -0.05) is 21.4 Å². The molecule has 0 saturated carbocycles. The van der Waals surface area contributed by atoms with Crippen LogP contribution in [-0.4, -0.2) is 25.7 Å². The zero-order valence-electron chi connectivity index (χ0n) is 6.55. The van der Waals surface area contributed by atoms with E-state index in [2.05, 4.69) is 16.1 Å². The summed E-state index contributed by atoms with van der Waals surface area (Å²) in [6.07, 6.45) is 0. The van der Waals surface area contributed by atoms with Crippen LogP contribution in [-0.2, 0) is 19.1 Å². The van der Waals surface area contributed by atoms with E-state index in [0.717, 1.165) is 0 Å². The molecule has 78 valence electrons. The quantitative estimate of drug-likeness (QED) is 0.500. The average Bonchev–Trinajstić information content (AvgIpc) is 1.99. The van der Waals surface area contributed by atoms with Gasteiger partial charge in [0.15, 0.2) is 6.61 Å². The van der Waals surface area contributed by atoms with Crippen LogP contribution in [0.5, 0.6) is 0 Å². The standard InChI is InChI=1S/C7H10O4.2CH4/c1-5(2)7(9)11-4-6(8)10-3;;/h1,4H2,2-3H3;2*1H4. The lowest BCUT2D eigenvalue weighted by Crippen LogP contribution is -2.15. The fraction of sp³-hybridized carbons (Fsp3) is 0.556. The molecule has 0 aliphatic carbocycles. The molecule has 0 bridgehead atoms. The molecule has 0 fully saturated rings. The summed E-state index contributed by atoms with van der Waals surface area (Å²) in [7, 11) is 1.22. The first-order valence-electron chi connectivity index (χ1n) is 2.97. The lowest BCUT2D eigenvalue weighted by Gasteiger charge is -2.01. The van der Waals surface area contributed by atoms with Crippen molar-refractivity contribution in [1.29, 1.82) is 0 Å². The van der Waals surface area contributed by atoms with Crippen molar-refractivity contribution in [3.05, 3.63) is 12.2 Å². The monoisotopic (exact) mass is 190 g/mol. The van der Waals surface area contributed by atoms with Gasteiger partial charge in [0, 0.05) is 5.57 Å². The number of hydrogen-bond acceptors (Lipinski definition) is 4. The lowest BCUT2D eigenvalue weighted by molar-refractivity contribution is -0.154. The van der Waals surface area contributed by atoms with Gasteiger partial charge in [-0.25, -0.2) is 9.59 Å². The second-order valence-electron chi connectivity index (χ2n) is 1.93. The summed E-state index contributed by atoms with van der Waals surface area (Å²) in [4.78, 5) is 21.0. The molecule has 0 spiro atoms. The van der Waals surface area contributed by atoms with Crippen LogP contribution in [0, 0.1) is 0 Å². The molecule has 0 amide bonds. The maximum absolute atomic E-state index is 10.6. The van der Waals surface area contributed by atoms with Crippen molar-refractivity contribution in [3.63, 3.8) is 0 Å². The van der Waals surface area contributed by atoms with E-state index in [1.54, 1.807) is 0 Å². The van der Waals surface area contributed by atoms with Crippen molar-refractivity contribution in [2.24, 2.45) is 0 Å². The Labute approximate surface area is 79.5 Å². The van der Waals surface area contributed by atoms with E-state index in [-0.39, 0.29) is 27.0 Å². The smallest absolute Gasteiger partial charge is 0.344 e. The molecule has 0 aromatic carbocycles. The van der Waals surface area contributed by atoms with Crippen molar-refractivity contribution in [1.82, 2.24) is 0 Å². The molecule has 0 unspecified atom stereocenters. The van der Waals surface area contributed by atoms with Gasteiger partial charge < -0.3 is 9.47 Å². The van der Waals surface area contributed by atoms with Crippen molar-refractivity contribution in [2.45, 2.75) is 21.8 Å². The number of carbonyl (C=O) groups is 2. The molecule has 4 nitrogen and oxygen atoms in total. The van der Waals surface area contributed by atoms with E-state index in [9.17, 15) is 9.59 Å². The van der Waals surface area contributed by atoms with E-state index >= 15 is 0 Å². The molecule has 0 rings (SSSR count). The first-order chi connectivity index (χ1) is 5.07. The van der Waals surface area contributed by atoms with Crippen LogP contribution >= 0.6 is 0 Å². The van der Waals surface area contributed by atoms with Crippen LogP contribution in [0.4, 0.5) is 0 Å². The minimum absolute atomic E-state index is 0. The molecule has 0 radical (unpaired) electrons. The molecular formula is C9H18O4. The largest absolute Gasteiger partial charge is 0.466 e. The van der Waals surface area contributed by atoms with Crippen LogP contribution in [0.15, 0.2) is 12.2 Å². The SMILES string of the molecule is C.C.C=C(C)C(=O)OCC(=O)OC. The second kappa shape index (κ2) is 8.77. The Morgan fingerprint density at radius 2 is 1.77 bits per heavy atom. The molecule has 0 aliphatic heterocycles. The van der Waals surface area contributed by atoms with Crippen LogP contribution < -0.4 is 0 Å². The summed E-state index contributed by atoms with van der Waals surface area (Å²) in [6, 6.07) is 0. The van der Waals surface area contributed by atoms with Crippen LogP contribution in [0.1, 0.15) is 21.8 Å². The van der Waals surface area contributed by atoms with Crippen molar-refractivity contribution < 1.29 is 19.1 Å². The van der Waals surface area contributed by atoms with Crippen molar-refractivity contribution >= 4 is 11.9 Å². The Hall–Kier alpha value is -1.32. The summed E-state index contributed by atoms with van der Waals surface area (Å²) in [5.74, 6) is -1.17. The highest BCUT2D eigenvalue weighted by Crippen LogP contribution is 1.91. The topological polar surface area (TPSA) is 52.6 Å². The maximum Gasteiger partial charge on any atom is 0.344 e. The number of esters is 2. The molecule has 13 heavy (non-hydrogen) atoms. The third-order valence-corrected chi connectivity index (χ3v) is 0.897. The van der Waals surface area contributed by atoms with E-state index in [1.807, 2.05) is 0 Å². The van der Waals surface area contributed by atoms with E-state index in [4.69, 9.17) is 0 Å². The Morgan fingerprint density at radius 1 is 1.31 bits per heavy atom. The van der Waals surface area contributed by atoms with E-state index in [0.29, 0.717) is 0 Å². The third kappa shape index (κ3) is 8.59. The van der Waals surface area contributed by atoms with Crippen LogP contribution in [0.3, 0.4) is 0 Å². The van der Waals surface area contributed by atoms with Gasteiger partial charge in [-0.05, 0) is 6.92 Å². The highest BCUT2D eigenvalue weighted by molar-refractivity contribution is 5.88. The molecule has 0 aliphatic rings. The fourth-order valence-electron chi connectivity index (χ4n) is 0.307. The molecule has 4 heteroatoms. The molecule has 0 atom stereocenters. The second-order valence-corrected chi connectivity index (χ2v) is 1.93. The third-order valence-electron chi connectivity index (χ3n) is 0.897. The predicted octanol–water partition coefficient (Wildman–Crippen LogP) is 1.55. The zero-order valence-corrected chi connectivity index (χ0v) is 6.55. The normalized spacial score (nSPS) is 7.23. The van der Waals surface area contributed by atoms with Crippen molar-refractivity contribution in [3.8, 4) is 0 Å². The Bertz CT molecular complexity index is 184. The molecule has 0 aromatic heterocycles. The molecule has 0 aromatic rings. The number of methoxy groups -OCH3 is 1. The molecule has 0 N–H and O–H groups in total. The van der Waals surface area contributed by atoms with Crippen molar-refractivity contribution in [2.75, 3.05) is 13.7 Å². The van der Waals surface area contributed by atoms with Gasteiger partial charge in [0.2, 0.25) is 0 Å². The summed E-state index contributed by atoms with van der Waals surface area (Å²) < 4.78 is 8.68.